The zero-order chi connectivity index (χ0) is 19.7. The Morgan fingerprint density at radius 2 is 1.86 bits per heavy atom. The van der Waals surface area contributed by atoms with Gasteiger partial charge >= 0.3 is 0 Å². The molecule has 4 rings (SSSR count). The first-order chi connectivity index (χ1) is 13.5. The van der Waals surface area contributed by atoms with Gasteiger partial charge in [-0.1, -0.05) is 12.1 Å². The Kier molecular flexibility index (Phi) is 5.43. The lowest BCUT2D eigenvalue weighted by Gasteiger charge is -2.33. The standard InChI is InChI=1S/C20H26N6OS/c1-14-20(15(2)24(3)23-14)22-18(27)12-25-8-10-26(11-9-25)13-19-21-16-6-4-5-7-17(16)28-19/h4-7H,8-13H2,1-3H3,(H,22,27). The van der Waals surface area contributed by atoms with Crippen molar-refractivity contribution in [1.82, 2.24) is 24.6 Å². The lowest BCUT2D eigenvalue weighted by Crippen LogP contribution is -2.48. The maximum atomic E-state index is 12.5. The van der Waals surface area contributed by atoms with Crippen LogP contribution in [0.2, 0.25) is 0 Å². The Morgan fingerprint density at radius 3 is 2.54 bits per heavy atom. The average molecular weight is 399 g/mol. The SMILES string of the molecule is Cc1nn(C)c(C)c1NC(=O)CN1CCN(Cc2nc3ccccc3s2)CC1. The van der Waals surface area contributed by atoms with Gasteiger partial charge in [0.15, 0.2) is 0 Å². The van der Waals surface area contributed by atoms with E-state index in [4.69, 9.17) is 4.98 Å². The molecule has 1 N–H and O–H groups in total. The number of amides is 1. The van der Waals surface area contributed by atoms with Crippen LogP contribution >= 0.6 is 11.3 Å². The van der Waals surface area contributed by atoms with Crippen LogP contribution in [0, 0.1) is 13.8 Å². The number of rotatable bonds is 5. The summed E-state index contributed by atoms with van der Waals surface area (Å²) in [5.74, 6) is 0.0267. The smallest absolute Gasteiger partial charge is 0.238 e. The van der Waals surface area contributed by atoms with Crippen LogP contribution in [-0.2, 0) is 18.4 Å². The number of para-hydroxylation sites is 1. The molecular weight excluding hydrogens is 372 g/mol. The number of piperazine rings is 1. The molecule has 1 fully saturated rings. The third kappa shape index (κ3) is 4.09. The molecule has 0 spiro atoms. The number of nitrogens with zero attached hydrogens (tertiary/aromatic N) is 5. The van der Waals surface area contributed by atoms with Crippen LogP contribution in [0.25, 0.3) is 10.2 Å². The molecule has 1 saturated heterocycles. The molecule has 0 aliphatic carbocycles. The Hall–Kier alpha value is -2.29. The van der Waals surface area contributed by atoms with E-state index in [1.165, 1.54) is 4.70 Å². The van der Waals surface area contributed by atoms with Gasteiger partial charge in [0.05, 0.1) is 40.4 Å². The molecular formula is C20H26N6OS. The van der Waals surface area contributed by atoms with E-state index in [1.807, 2.05) is 27.0 Å². The first-order valence-corrected chi connectivity index (χ1v) is 10.4. The van der Waals surface area contributed by atoms with Crippen LogP contribution in [0.1, 0.15) is 16.4 Å². The van der Waals surface area contributed by atoms with E-state index in [-0.39, 0.29) is 5.91 Å². The number of aryl methyl sites for hydroxylation is 2. The number of hydrogen-bond acceptors (Lipinski definition) is 6. The van der Waals surface area contributed by atoms with E-state index in [1.54, 1.807) is 16.0 Å². The molecule has 1 aliphatic rings. The van der Waals surface area contributed by atoms with Crippen molar-refractivity contribution >= 4 is 33.1 Å². The minimum Gasteiger partial charge on any atom is -0.322 e. The second-order valence-corrected chi connectivity index (χ2v) is 8.46. The van der Waals surface area contributed by atoms with Crippen molar-refractivity contribution in [2.24, 2.45) is 7.05 Å². The average Bonchev–Trinajstić information content (AvgIpc) is 3.18. The van der Waals surface area contributed by atoms with Gasteiger partial charge in [-0.25, -0.2) is 4.98 Å². The summed E-state index contributed by atoms with van der Waals surface area (Å²) >= 11 is 1.77. The summed E-state index contributed by atoms with van der Waals surface area (Å²) in [6.07, 6.45) is 0. The lowest BCUT2D eigenvalue weighted by atomic mass is 10.3. The molecule has 0 bridgehead atoms. The summed E-state index contributed by atoms with van der Waals surface area (Å²) in [5, 5.41) is 8.54. The number of nitrogens with one attached hydrogen (secondary N) is 1. The van der Waals surface area contributed by atoms with Gasteiger partial charge in [-0.05, 0) is 26.0 Å². The van der Waals surface area contributed by atoms with Gasteiger partial charge in [0.25, 0.3) is 0 Å². The largest absolute Gasteiger partial charge is 0.322 e. The van der Waals surface area contributed by atoms with Gasteiger partial charge in [-0.15, -0.1) is 11.3 Å². The number of carbonyl (C=O) groups is 1. The normalized spacial score (nSPS) is 16.0. The zero-order valence-corrected chi connectivity index (χ0v) is 17.4. The van der Waals surface area contributed by atoms with Crippen LogP contribution in [0.3, 0.4) is 0 Å². The van der Waals surface area contributed by atoms with Crippen molar-refractivity contribution in [2.45, 2.75) is 20.4 Å². The molecule has 3 heterocycles. The van der Waals surface area contributed by atoms with Crippen molar-refractivity contribution in [1.29, 1.82) is 0 Å². The summed E-state index contributed by atoms with van der Waals surface area (Å²) in [6, 6.07) is 8.28. The fraction of sp³-hybridized carbons (Fsp3) is 0.450. The monoisotopic (exact) mass is 398 g/mol. The minimum atomic E-state index is 0.0267. The molecule has 8 heteroatoms. The summed E-state index contributed by atoms with van der Waals surface area (Å²) in [5.41, 5.74) is 3.75. The topological polar surface area (TPSA) is 66.3 Å². The van der Waals surface area contributed by atoms with Crippen molar-refractivity contribution in [3.8, 4) is 0 Å². The Labute approximate surface area is 169 Å². The van der Waals surface area contributed by atoms with E-state index in [0.29, 0.717) is 6.54 Å². The van der Waals surface area contributed by atoms with Crippen LogP contribution in [-0.4, -0.2) is 63.2 Å². The van der Waals surface area contributed by atoms with Crippen LogP contribution < -0.4 is 5.32 Å². The van der Waals surface area contributed by atoms with Crippen molar-refractivity contribution < 1.29 is 4.79 Å². The van der Waals surface area contributed by atoms with Crippen molar-refractivity contribution in [3.63, 3.8) is 0 Å². The van der Waals surface area contributed by atoms with Gasteiger partial charge in [0, 0.05) is 33.2 Å². The van der Waals surface area contributed by atoms with Gasteiger partial charge in [0.2, 0.25) is 5.91 Å². The molecule has 2 aromatic heterocycles. The summed E-state index contributed by atoms with van der Waals surface area (Å²) in [6.45, 7) is 8.88. The third-order valence-corrected chi connectivity index (χ3v) is 6.32. The number of hydrogen-bond donors (Lipinski definition) is 1. The molecule has 148 valence electrons. The van der Waals surface area contributed by atoms with Gasteiger partial charge in [0.1, 0.15) is 5.01 Å². The maximum Gasteiger partial charge on any atom is 0.238 e. The maximum absolute atomic E-state index is 12.5. The van der Waals surface area contributed by atoms with E-state index in [2.05, 4.69) is 38.4 Å². The molecule has 0 atom stereocenters. The number of benzene rings is 1. The fourth-order valence-electron chi connectivity index (χ4n) is 3.62. The first-order valence-electron chi connectivity index (χ1n) is 9.59. The van der Waals surface area contributed by atoms with Gasteiger partial charge < -0.3 is 5.32 Å². The molecule has 0 saturated carbocycles. The molecule has 0 radical (unpaired) electrons. The van der Waals surface area contributed by atoms with E-state index < -0.39 is 0 Å². The molecule has 28 heavy (non-hydrogen) atoms. The number of aromatic nitrogens is 3. The highest BCUT2D eigenvalue weighted by Crippen LogP contribution is 2.23. The predicted molar refractivity (Wildman–Crippen MR) is 113 cm³/mol. The second-order valence-electron chi connectivity index (χ2n) is 7.35. The minimum absolute atomic E-state index is 0.0267. The summed E-state index contributed by atoms with van der Waals surface area (Å²) in [4.78, 5) is 21.8. The zero-order valence-electron chi connectivity index (χ0n) is 16.6. The van der Waals surface area contributed by atoms with E-state index in [9.17, 15) is 4.79 Å². The first kappa shape index (κ1) is 19.0. The Balaban J connectivity index is 1.27. The summed E-state index contributed by atoms with van der Waals surface area (Å²) < 4.78 is 3.04. The molecule has 0 unspecified atom stereocenters. The quantitative estimate of drug-likeness (QED) is 0.715. The number of thiazole rings is 1. The molecule has 1 aliphatic heterocycles. The highest BCUT2D eigenvalue weighted by Gasteiger charge is 2.21. The fourth-order valence-corrected chi connectivity index (χ4v) is 4.63. The highest BCUT2D eigenvalue weighted by atomic mass is 32.1. The van der Waals surface area contributed by atoms with Gasteiger partial charge in [-0.2, -0.15) is 5.10 Å². The Morgan fingerprint density at radius 1 is 1.14 bits per heavy atom. The van der Waals surface area contributed by atoms with Crippen molar-refractivity contribution in [3.05, 3.63) is 40.7 Å². The van der Waals surface area contributed by atoms with Gasteiger partial charge in [-0.3, -0.25) is 19.3 Å². The van der Waals surface area contributed by atoms with E-state index in [0.717, 1.165) is 60.3 Å². The number of carbonyl (C=O) groups excluding carboxylic acids is 1. The number of fused-ring (bicyclic) bond motifs is 1. The Bertz CT molecular complexity index is 953. The van der Waals surface area contributed by atoms with E-state index >= 15 is 0 Å². The molecule has 1 aromatic carbocycles. The van der Waals surface area contributed by atoms with Crippen LogP contribution in [0.5, 0.6) is 0 Å². The molecule has 3 aromatic rings. The second kappa shape index (κ2) is 7.98. The van der Waals surface area contributed by atoms with Crippen molar-refractivity contribution in [2.75, 3.05) is 38.0 Å². The number of anilines is 1. The summed E-state index contributed by atoms with van der Waals surface area (Å²) in [7, 11) is 1.89. The highest BCUT2D eigenvalue weighted by molar-refractivity contribution is 7.18. The van der Waals surface area contributed by atoms with Crippen LogP contribution in [0.4, 0.5) is 5.69 Å². The van der Waals surface area contributed by atoms with Crippen LogP contribution in [0.15, 0.2) is 24.3 Å². The third-order valence-electron chi connectivity index (χ3n) is 5.30. The molecule has 1 amide bonds. The molecule has 7 nitrogen and oxygen atoms in total. The lowest BCUT2D eigenvalue weighted by molar-refractivity contribution is -0.117. The predicted octanol–water partition coefficient (Wildman–Crippen LogP) is 2.40.